The van der Waals surface area contributed by atoms with Gasteiger partial charge in [-0.05, 0) is 53.8 Å². The highest BCUT2D eigenvalue weighted by molar-refractivity contribution is 5.90. The summed E-state index contributed by atoms with van der Waals surface area (Å²) in [7, 11) is 0. The van der Waals surface area contributed by atoms with Crippen molar-refractivity contribution in [2.45, 2.75) is 13.0 Å². The molecule has 0 aliphatic heterocycles. The monoisotopic (exact) mass is 336 g/mol. The molecule has 0 saturated heterocycles. The lowest BCUT2D eigenvalue weighted by Crippen LogP contribution is -2.16. The van der Waals surface area contributed by atoms with Crippen molar-refractivity contribution < 1.29 is 10.0 Å². The first kappa shape index (κ1) is 16.9. The van der Waals surface area contributed by atoms with Gasteiger partial charge in [-0.3, -0.25) is 15.0 Å². The van der Waals surface area contributed by atoms with Crippen molar-refractivity contribution in [2.24, 2.45) is 0 Å². The number of amides is 1. The number of hydrogen-bond acceptors (Lipinski definition) is 4. The van der Waals surface area contributed by atoms with E-state index in [0.29, 0.717) is 5.69 Å². The summed E-state index contributed by atoms with van der Waals surface area (Å²) in [5.74, 6) is -0.579. The summed E-state index contributed by atoms with van der Waals surface area (Å²) in [6.45, 7) is 1.61. The van der Waals surface area contributed by atoms with Gasteiger partial charge in [0.1, 0.15) is 0 Å². The molecule has 2 heterocycles. The summed E-state index contributed by atoms with van der Waals surface area (Å²) in [6.07, 6.45) is 7.45. The van der Waals surface area contributed by atoms with Gasteiger partial charge in [0.05, 0.1) is 5.69 Å². The lowest BCUT2D eigenvalue weighted by molar-refractivity contribution is -0.124. The number of aromatic nitrogens is 2. The summed E-state index contributed by atoms with van der Waals surface area (Å²) in [6, 6.07) is 12.3. The summed E-state index contributed by atoms with van der Waals surface area (Å²) in [5, 5.41) is 13.1. The van der Waals surface area contributed by atoms with Crippen LogP contribution in [0.1, 0.15) is 16.8 Å². The standard InChI is InChI=1S/C19H20N4O2/c24-19(23-25)6-5-17-4-2-15(13-22-17)12-20-9-7-14-1-3-16-8-10-21-18(16)11-14/h1-6,8,10-11,13,20-21,25H,7,9,12H2,(H,23,24)/b6-5+. The van der Waals surface area contributed by atoms with Gasteiger partial charge in [-0.25, -0.2) is 5.48 Å². The van der Waals surface area contributed by atoms with Crippen LogP contribution in [-0.4, -0.2) is 27.6 Å². The maximum Gasteiger partial charge on any atom is 0.267 e. The molecule has 3 rings (SSSR count). The summed E-state index contributed by atoms with van der Waals surface area (Å²) in [4.78, 5) is 18.4. The Balaban J connectivity index is 1.45. The van der Waals surface area contributed by atoms with E-state index in [9.17, 15) is 4.79 Å². The smallest absolute Gasteiger partial charge is 0.267 e. The molecule has 0 aliphatic carbocycles. The molecule has 6 heteroatoms. The van der Waals surface area contributed by atoms with Crippen molar-refractivity contribution >= 4 is 22.9 Å². The van der Waals surface area contributed by atoms with Gasteiger partial charge in [-0.1, -0.05) is 18.2 Å². The van der Waals surface area contributed by atoms with Crippen LogP contribution in [-0.2, 0) is 17.8 Å². The van der Waals surface area contributed by atoms with Crippen molar-refractivity contribution in [3.63, 3.8) is 0 Å². The predicted molar refractivity (Wildman–Crippen MR) is 96.9 cm³/mol. The van der Waals surface area contributed by atoms with Crippen LogP contribution in [0.5, 0.6) is 0 Å². The zero-order valence-electron chi connectivity index (χ0n) is 13.7. The van der Waals surface area contributed by atoms with Crippen molar-refractivity contribution in [3.8, 4) is 0 Å². The summed E-state index contributed by atoms with van der Waals surface area (Å²) in [5.41, 5.74) is 5.73. The molecular formula is C19H20N4O2. The first-order chi connectivity index (χ1) is 12.2. The van der Waals surface area contributed by atoms with Crippen molar-refractivity contribution in [2.75, 3.05) is 6.54 Å². The van der Waals surface area contributed by atoms with Gasteiger partial charge in [0, 0.05) is 30.5 Å². The van der Waals surface area contributed by atoms with E-state index < -0.39 is 5.91 Å². The SMILES string of the molecule is O=C(/C=C/c1ccc(CNCCc2ccc3cc[nH]c3c2)cn1)NO. The number of carbonyl (C=O) groups excluding carboxylic acids is 1. The molecule has 4 N–H and O–H groups in total. The Labute approximate surface area is 145 Å². The third kappa shape index (κ3) is 4.76. The molecule has 0 radical (unpaired) electrons. The first-order valence-corrected chi connectivity index (χ1v) is 8.08. The number of aromatic amines is 1. The Hall–Kier alpha value is -2.96. The fraction of sp³-hybridized carbons (Fsp3) is 0.158. The molecule has 1 aromatic carbocycles. The molecule has 0 spiro atoms. The Morgan fingerprint density at radius 1 is 1.20 bits per heavy atom. The second-order valence-electron chi connectivity index (χ2n) is 5.73. The zero-order valence-corrected chi connectivity index (χ0v) is 13.7. The van der Waals surface area contributed by atoms with Crippen LogP contribution >= 0.6 is 0 Å². The quantitative estimate of drug-likeness (QED) is 0.231. The predicted octanol–water partition coefficient (Wildman–Crippen LogP) is 2.41. The van der Waals surface area contributed by atoms with Crippen LogP contribution in [0, 0.1) is 0 Å². The maximum absolute atomic E-state index is 10.9. The molecular weight excluding hydrogens is 316 g/mol. The van der Waals surface area contributed by atoms with Gasteiger partial charge in [-0.2, -0.15) is 0 Å². The number of nitrogens with zero attached hydrogens (tertiary/aromatic N) is 1. The van der Waals surface area contributed by atoms with E-state index in [1.807, 2.05) is 18.3 Å². The van der Waals surface area contributed by atoms with Crippen LogP contribution < -0.4 is 10.8 Å². The molecule has 3 aromatic rings. The second-order valence-corrected chi connectivity index (χ2v) is 5.73. The number of nitrogens with one attached hydrogen (secondary N) is 3. The van der Waals surface area contributed by atoms with E-state index in [1.165, 1.54) is 28.0 Å². The molecule has 0 unspecified atom stereocenters. The number of hydrogen-bond donors (Lipinski definition) is 4. The first-order valence-electron chi connectivity index (χ1n) is 8.08. The largest absolute Gasteiger partial charge is 0.361 e. The maximum atomic E-state index is 10.9. The zero-order chi connectivity index (χ0) is 17.5. The number of pyridine rings is 1. The molecule has 0 aliphatic rings. The van der Waals surface area contributed by atoms with Crippen molar-refractivity contribution in [3.05, 3.63) is 71.7 Å². The van der Waals surface area contributed by atoms with Crippen molar-refractivity contribution in [1.82, 2.24) is 20.8 Å². The van der Waals surface area contributed by atoms with Gasteiger partial charge < -0.3 is 10.3 Å². The van der Waals surface area contributed by atoms with Crippen LogP contribution in [0.15, 0.2) is 54.9 Å². The van der Waals surface area contributed by atoms with Crippen LogP contribution in [0.2, 0.25) is 0 Å². The van der Waals surface area contributed by atoms with E-state index in [0.717, 1.165) is 25.1 Å². The van der Waals surface area contributed by atoms with E-state index in [1.54, 1.807) is 12.3 Å². The van der Waals surface area contributed by atoms with Gasteiger partial charge >= 0.3 is 0 Å². The number of fused-ring (bicyclic) bond motifs is 1. The molecule has 6 nitrogen and oxygen atoms in total. The fourth-order valence-electron chi connectivity index (χ4n) is 2.55. The van der Waals surface area contributed by atoms with Crippen LogP contribution in [0.3, 0.4) is 0 Å². The average Bonchev–Trinajstić information content (AvgIpc) is 3.12. The lowest BCUT2D eigenvalue weighted by Gasteiger charge is -2.06. The van der Waals surface area contributed by atoms with E-state index >= 15 is 0 Å². The lowest BCUT2D eigenvalue weighted by atomic mass is 10.1. The minimum absolute atomic E-state index is 0.579. The minimum Gasteiger partial charge on any atom is -0.361 e. The second kappa shape index (κ2) is 8.23. The molecule has 128 valence electrons. The minimum atomic E-state index is -0.579. The van der Waals surface area contributed by atoms with Crippen LogP contribution in [0.25, 0.3) is 17.0 Å². The highest BCUT2D eigenvalue weighted by Gasteiger charge is 1.99. The highest BCUT2D eigenvalue weighted by atomic mass is 16.5. The fourth-order valence-corrected chi connectivity index (χ4v) is 2.55. The normalized spacial score (nSPS) is 11.2. The number of rotatable bonds is 7. The molecule has 0 atom stereocenters. The number of carbonyl (C=O) groups is 1. The van der Waals surface area contributed by atoms with Gasteiger partial charge in [0.25, 0.3) is 5.91 Å². The molecule has 2 aromatic heterocycles. The topological polar surface area (TPSA) is 90.0 Å². The molecule has 25 heavy (non-hydrogen) atoms. The van der Waals surface area contributed by atoms with Gasteiger partial charge in [0.2, 0.25) is 0 Å². The van der Waals surface area contributed by atoms with E-state index in [2.05, 4.69) is 39.6 Å². The highest BCUT2D eigenvalue weighted by Crippen LogP contribution is 2.14. The summed E-state index contributed by atoms with van der Waals surface area (Å²) < 4.78 is 0. The number of benzene rings is 1. The van der Waals surface area contributed by atoms with Gasteiger partial charge in [-0.15, -0.1) is 0 Å². The number of H-pyrrole nitrogens is 1. The Morgan fingerprint density at radius 2 is 2.08 bits per heavy atom. The molecule has 0 bridgehead atoms. The van der Waals surface area contributed by atoms with Crippen LogP contribution in [0.4, 0.5) is 0 Å². The van der Waals surface area contributed by atoms with E-state index in [4.69, 9.17) is 5.21 Å². The molecule has 0 fully saturated rings. The number of hydroxylamine groups is 1. The average molecular weight is 336 g/mol. The molecule has 1 amide bonds. The van der Waals surface area contributed by atoms with Gasteiger partial charge in [0.15, 0.2) is 0 Å². The van der Waals surface area contributed by atoms with E-state index in [-0.39, 0.29) is 0 Å². The third-order valence-corrected chi connectivity index (χ3v) is 3.90. The van der Waals surface area contributed by atoms with Crippen molar-refractivity contribution in [1.29, 1.82) is 0 Å². The Kier molecular flexibility index (Phi) is 5.56. The Morgan fingerprint density at radius 3 is 2.88 bits per heavy atom. The third-order valence-electron chi connectivity index (χ3n) is 3.90. The summed E-state index contributed by atoms with van der Waals surface area (Å²) >= 11 is 0. The Bertz CT molecular complexity index is 869. The molecule has 0 saturated carbocycles.